The number of para-hydroxylation sites is 4. The minimum atomic E-state index is -0.394. The third-order valence-corrected chi connectivity index (χ3v) is 9.83. The molecule has 0 amide bonds. The Hall–Kier alpha value is -5.63. The number of nitrogens with zero attached hydrogens (tertiary/aromatic N) is 4. The van der Waals surface area contributed by atoms with E-state index in [0.29, 0.717) is 37.4 Å². The fourth-order valence-corrected chi connectivity index (χ4v) is 7.50. The molecule has 8 aromatic rings. The first-order valence-corrected chi connectivity index (χ1v) is 17.0. The second-order valence-corrected chi connectivity index (χ2v) is 13.4. The Morgan fingerprint density at radius 2 is 0.880 bits per heavy atom. The number of hydrogen-bond donors (Lipinski definition) is 2. The molecule has 8 rings (SSSR count). The van der Waals surface area contributed by atoms with Crippen LogP contribution >= 0.6 is 0 Å². The Kier molecular flexibility index (Phi) is 8.02. The van der Waals surface area contributed by atoms with Crippen LogP contribution in [0.4, 0.5) is 4.39 Å². The zero-order chi connectivity index (χ0) is 34.5. The van der Waals surface area contributed by atoms with Gasteiger partial charge in [0.2, 0.25) is 0 Å². The fraction of sp³-hybridized carbons (Fsp3) is 0.163. The molecule has 0 atom stereocenters. The maximum atomic E-state index is 15.2. The topological polar surface area (TPSA) is 56.8 Å². The summed E-state index contributed by atoms with van der Waals surface area (Å²) in [6.07, 6.45) is 0. The number of aromatic nitrogens is 2. The number of halogens is 1. The minimum Gasteiger partial charge on any atom is -0.505 e. The predicted octanol–water partition coefficient (Wildman–Crippen LogP) is 9.30. The first-order chi connectivity index (χ1) is 24.3. The van der Waals surface area contributed by atoms with E-state index in [1.165, 1.54) is 12.1 Å². The molecule has 6 aromatic carbocycles. The molecule has 0 radical (unpaired) electrons. The van der Waals surface area contributed by atoms with Crippen molar-refractivity contribution in [1.29, 1.82) is 0 Å². The van der Waals surface area contributed by atoms with Gasteiger partial charge in [-0.05, 0) is 63.0 Å². The van der Waals surface area contributed by atoms with Gasteiger partial charge in [0.15, 0.2) is 0 Å². The van der Waals surface area contributed by atoms with Crippen LogP contribution in [0, 0.1) is 12.7 Å². The highest BCUT2D eigenvalue weighted by Gasteiger charge is 2.20. The SMILES string of the molecule is Cc1cc(CN(C)CCN(C)Cc2cc(F)cc(-n3c4ccccc4c4ccccc43)c2O)c(O)c(-n2c3ccccc3c3ccccc32)c1. The van der Waals surface area contributed by atoms with E-state index in [2.05, 4.69) is 57.7 Å². The van der Waals surface area contributed by atoms with E-state index < -0.39 is 5.82 Å². The molecule has 0 spiro atoms. The lowest BCUT2D eigenvalue weighted by Crippen LogP contribution is -2.30. The minimum absolute atomic E-state index is 0.0698. The van der Waals surface area contributed by atoms with Gasteiger partial charge in [-0.25, -0.2) is 4.39 Å². The number of aryl methyl sites for hydroxylation is 1. The van der Waals surface area contributed by atoms with E-state index in [4.69, 9.17) is 0 Å². The van der Waals surface area contributed by atoms with Crippen molar-refractivity contribution in [2.75, 3.05) is 27.2 Å². The largest absolute Gasteiger partial charge is 0.505 e. The quantitative estimate of drug-likeness (QED) is 0.162. The van der Waals surface area contributed by atoms with Crippen molar-refractivity contribution >= 4 is 43.6 Å². The third-order valence-electron chi connectivity index (χ3n) is 9.83. The number of phenolic OH excluding ortho intramolecular Hbond substituents is 2. The van der Waals surface area contributed by atoms with Crippen molar-refractivity contribution in [3.05, 3.63) is 144 Å². The van der Waals surface area contributed by atoms with Crippen LogP contribution in [0.5, 0.6) is 11.5 Å². The summed E-state index contributed by atoms with van der Waals surface area (Å²) in [5, 5.41) is 27.7. The summed E-state index contributed by atoms with van der Waals surface area (Å²) in [6.45, 7) is 4.35. The molecule has 2 aromatic heterocycles. The van der Waals surface area contributed by atoms with Gasteiger partial charge in [0.1, 0.15) is 17.3 Å². The van der Waals surface area contributed by atoms with Crippen molar-refractivity contribution in [1.82, 2.24) is 18.9 Å². The first kappa shape index (κ1) is 31.6. The van der Waals surface area contributed by atoms with Crippen molar-refractivity contribution in [3.8, 4) is 22.9 Å². The van der Waals surface area contributed by atoms with Crippen LogP contribution in [0.3, 0.4) is 0 Å². The molecule has 0 unspecified atom stereocenters. The predicted molar refractivity (Wildman–Crippen MR) is 202 cm³/mol. The van der Waals surface area contributed by atoms with E-state index in [-0.39, 0.29) is 11.5 Å². The zero-order valence-corrected chi connectivity index (χ0v) is 28.4. The number of phenols is 2. The molecule has 0 saturated heterocycles. The van der Waals surface area contributed by atoms with E-state index in [1.807, 2.05) is 91.5 Å². The number of aromatic hydroxyl groups is 2. The molecule has 7 heteroatoms. The summed E-state index contributed by atoms with van der Waals surface area (Å²) in [4.78, 5) is 4.26. The van der Waals surface area contributed by atoms with Crippen molar-refractivity contribution in [2.45, 2.75) is 20.0 Å². The van der Waals surface area contributed by atoms with E-state index in [1.54, 1.807) is 0 Å². The number of rotatable bonds is 9. The van der Waals surface area contributed by atoms with Gasteiger partial charge in [-0.3, -0.25) is 0 Å². The van der Waals surface area contributed by atoms with Crippen molar-refractivity contribution in [3.63, 3.8) is 0 Å². The molecule has 2 N–H and O–H groups in total. The lowest BCUT2D eigenvalue weighted by Gasteiger charge is -2.24. The van der Waals surface area contributed by atoms with Gasteiger partial charge in [-0.1, -0.05) is 78.9 Å². The highest BCUT2D eigenvalue weighted by molar-refractivity contribution is 6.10. The number of benzene rings is 6. The molecular formula is C43H39FN4O2. The molecule has 0 aliphatic carbocycles. The van der Waals surface area contributed by atoms with Crippen LogP contribution < -0.4 is 0 Å². The Bertz CT molecular complexity index is 2270. The third kappa shape index (κ3) is 5.45. The standard InChI is InChI=1S/C43H39FN4O2/c1-28-22-29(42(49)40(23-28)47-36-16-8-4-12-32(36)33-13-5-9-17-37(33)47)26-45(2)20-21-46(3)27-30-24-31(44)25-41(43(30)50)48-38-18-10-6-14-34(38)35-15-7-11-19-39(35)48/h4-19,22-25,49-50H,20-21,26-27H2,1-3H3. The molecule has 50 heavy (non-hydrogen) atoms. The summed E-state index contributed by atoms with van der Waals surface area (Å²) >= 11 is 0. The molecular weight excluding hydrogens is 623 g/mol. The van der Waals surface area contributed by atoms with Crippen molar-refractivity contribution < 1.29 is 14.6 Å². The van der Waals surface area contributed by atoms with Crippen LogP contribution in [0.2, 0.25) is 0 Å². The van der Waals surface area contributed by atoms with Gasteiger partial charge in [-0.15, -0.1) is 0 Å². The van der Waals surface area contributed by atoms with E-state index >= 15 is 4.39 Å². The van der Waals surface area contributed by atoms with Crippen LogP contribution in [0.1, 0.15) is 16.7 Å². The summed E-state index contributed by atoms with van der Waals surface area (Å²) in [5.74, 6) is -0.0564. The van der Waals surface area contributed by atoms with Gasteiger partial charge in [0.25, 0.3) is 0 Å². The normalized spacial score (nSPS) is 12.0. The van der Waals surface area contributed by atoms with E-state index in [0.717, 1.165) is 60.4 Å². The van der Waals surface area contributed by atoms with Crippen LogP contribution in [-0.4, -0.2) is 56.3 Å². The molecule has 0 fully saturated rings. The maximum absolute atomic E-state index is 15.2. The molecule has 0 saturated carbocycles. The van der Waals surface area contributed by atoms with Crippen LogP contribution in [0.25, 0.3) is 55.0 Å². The smallest absolute Gasteiger partial charge is 0.144 e. The molecule has 2 heterocycles. The molecule has 0 aliphatic rings. The Morgan fingerprint density at radius 3 is 1.30 bits per heavy atom. The Morgan fingerprint density at radius 1 is 0.520 bits per heavy atom. The zero-order valence-electron chi connectivity index (χ0n) is 28.4. The number of likely N-dealkylation sites (N-methyl/N-ethyl adjacent to an activating group) is 2. The van der Waals surface area contributed by atoms with E-state index in [9.17, 15) is 10.2 Å². The van der Waals surface area contributed by atoms with Crippen LogP contribution in [-0.2, 0) is 13.1 Å². The Balaban J connectivity index is 1.02. The molecule has 6 nitrogen and oxygen atoms in total. The molecule has 0 bridgehead atoms. The monoisotopic (exact) mass is 662 g/mol. The van der Waals surface area contributed by atoms with Crippen LogP contribution in [0.15, 0.2) is 121 Å². The van der Waals surface area contributed by atoms with Gasteiger partial charge >= 0.3 is 0 Å². The van der Waals surface area contributed by atoms with Gasteiger partial charge in [0.05, 0.1) is 33.4 Å². The lowest BCUT2D eigenvalue weighted by molar-refractivity contribution is 0.243. The Labute approximate surface area is 290 Å². The first-order valence-electron chi connectivity index (χ1n) is 17.0. The number of hydrogen-bond acceptors (Lipinski definition) is 4. The second-order valence-electron chi connectivity index (χ2n) is 13.4. The number of fused-ring (bicyclic) bond motifs is 6. The second kappa shape index (κ2) is 12.7. The van der Waals surface area contributed by atoms with Gasteiger partial charge in [0, 0.05) is 64.9 Å². The summed E-state index contributed by atoms with van der Waals surface area (Å²) in [6, 6.07) is 39.5. The van der Waals surface area contributed by atoms with Gasteiger partial charge < -0.3 is 29.1 Å². The van der Waals surface area contributed by atoms with Gasteiger partial charge in [-0.2, -0.15) is 0 Å². The van der Waals surface area contributed by atoms with Crippen molar-refractivity contribution in [2.24, 2.45) is 0 Å². The average Bonchev–Trinajstić information content (AvgIpc) is 3.63. The highest BCUT2D eigenvalue weighted by Crippen LogP contribution is 2.39. The summed E-state index contributed by atoms with van der Waals surface area (Å²) in [5.41, 5.74) is 7.58. The highest BCUT2D eigenvalue weighted by atomic mass is 19.1. The molecule has 250 valence electrons. The summed E-state index contributed by atoms with van der Waals surface area (Å²) in [7, 11) is 4.01. The fourth-order valence-electron chi connectivity index (χ4n) is 7.50. The summed E-state index contributed by atoms with van der Waals surface area (Å²) < 4.78 is 19.3. The molecule has 0 aliphatic heterocycles. The maximum Gasteiger partial charge on any atom is 0.144 e. The lowest BCUT2D eigenvalue weighted by atomic mass is 10.1. The average molecular weight is 663 g/mol.